The van der Waals surface area contributed by atoms with Gasteiger partial charge in [-0.05, 0) is 31.2 Å². The van der Waals surface area contributed by atoms with Crippen molar-refractivity contribution in [2.45, 2.75) is 19.4 Å². The third-order valence-electron chi connectivity index (χ3n) is 2.42. The number of benzene rings is 1. The maximum atomic E-state index is 13.4. The summed E-state index contributed by atoms with van der Waals surface area (Å²) in [5.74, 6) is -0.337. The van der Waals surface area contributed by atoms with Crippen LogP contribution in [0.25, 0.3) is 0 Å². The quantitative estimate of drug-likeness (QED) is 0.878. The van der Waals surface area contributed by atoms with Crippen LogP contribution in [0.15, 0.2) is 41.0 Å². The molecule has 1 aromatic carbocycles. The Morgan fingerprint density at radius 3 is 2.76 bits per heavy atom. The SMILES string of the molecule is CC(Cc1ccco1)Nc1ccc(F)cc1F. The minimum atomic E-state index is -0.587. The van der Waals surface area contributed by atoms with E-state index >= 15 is 0 Å². The average molecular weight is 237 g/mol. The molecule has 0 aliphatic heterocycles. The lowest BCUT2D eigenvalue weighted by Crippen LogP contribution is -2.18. The van der Waals surface area contributed by atoms with Crippen LogP contribution in [-0.4, -0.2) is 6.04 Å². The molecule has 0 aliphatic carbocycles. The Labute approximate surface area is 98.3 Å². The smallest absolute Gasteiger partial charge is 0.149 e. The molecule has 1 heterocycles. The summed E-state index contributed by atoms with van der Waals surface area (Å²) in [4.78, 5) is 0. The van der Waals surface area contributed by atoms with Gasteiger partial charge in [-0.25, -0.2) is 8.78 Å². The fourth-order valence-corrected chi connectivity index (χ4v) is 1.65. The first-order valence-corrected chi connectivity index (χ1v) is 5.39. The number of anilines is 1. The number of furan rings is 1. The minimum Gasteiger partial charge on any atom is -0.469 e. The lowest BCUT2D eigenvalue weighted by Gasteiger charge is -2.14. The highest BCUT2D eigenvalue weighted by Crippen LogP contribution is 2.17. The van der Waals surface area contributed by atoms with Gasteiger partial charge in [0.25, 0.3) is 0 Å². The van der Waals surface area contributed by atoms with Crippen LogP contribution in [0.2, 0.25) is 0 Å². The molecule has 1 N–H and O–H groups in total. The Bertz CT molecular complexity index is 482. The second-order valence-corrected chi connectivity index (χ2v) is 3.95. The van der Waals surface area contributed by atoms with Gasteiger partial charge in [0.15, 0.2) is 0 Å². The molecule has 0 spiro atoms. The van der Waals surface area contributed by atoms with E-state index in [0.717, 1.165) is 11.8 Å². The predicted molar refractivity (Wildman–Crippen MR) is 61.9 cm³/mol. The lowest BCUT2D eigenvalue weighted by molar-refractivity contribution is 0.497. The van der Waals surface area contributed by atoms with Crippen LogP contribution in [0.4, 0.5) is 14.5 Å². The molecule has 0 radical (unpaired) electrons. The predicted octanol–water partition coefficient (Wildman–Crippen LogP) is 3.60. The van der Waals surface area contributed by atoms with Crippen LogP contribution >= 0.6 is 0 Å². The van der Waals surface area contributed by atoms with Gasteiger partial charge in [0.05, 0.1) is 12.0 Å². The fourth-order valence-electron chi connectivity index (χ4n) is 1.65. The van der Waals surface area contributed by atoms with Gasteiger partial charge < -0.3 is 9.73 Å². The largest absolute Gasteiger partial charge is 0.469 e. The van der Waals surface area contributed by atoms with Gasteiger partial charge in [0.2, 0.25) is 0 Å². The number of nitrogens with one attached hydrogen (secondary N) is 1. The maximum Gasteiger partial charge on any atom is 0.149 e. The Morgan fingerprint density at radius 2 is 2.12 bits per heavy atom. The van der Waals surface area contributed by atoms with Crippen molar-refractivity contribution in [1.82, 2.24) is 0 Å². The molecule has 1 aromatic heterocycles. The highest BCUT2D eigenvalue weighted by molar-refractivity contribution is 5.45. The molecule has 2 aromatic rings. The van der Waals surface area contributed by atoms with Crippen LogP contribution in [0, 0.1) is 11.6 Å². The van der Waals surface area contributed by atoms with Crippen molar-refractivity contribution in [2.75, 3.05) is 5.32 Å². The second kappa shape index (κ2) is 4.99. The molecule has 2 nitrogen and oxygen atoms in total. The summed E-state index contributed by atoms with van der Waals surface area (Å²) in [6.45, 7) is 1.91. The molecule has 0 saturated carbocycles. The van der Waals surface area contributed by atoms with E-state index in [0.29, 0.717) is 12.1 Å². The number of hydrogen-bond donors (Lipinski definition) is 1. The van der Waals surface area contributed by atoms with E-state index in [1.54, 1.807) is 12.3 Å². The zero-order chi connectivity index (χ0) is 12.3. The molecule has 1 atom stereocenters. The minimum absolute atomic E-state index is 0.00103. The first-order chi connectivity index (χ1) is 8.15. The second-order valence-electron chi connectivity index (χ2n) is 3.95. The zero-order valence-electron chi connectivity index (χ0n) is 9.41. The van der Waals surface area contributed by atoms with Gasteiger partial charge in [-0.15, -0.1) is 0 Å². The summed E-state index contributed by atoms with van der Waals surface area (Å²) >= 11 is 0. The van der Waals surface area contributed by atoms with Gasteiger partial charge >= 0.3 is 0 Å². The van der Waals surface area contributed by atoms with Crippen molar-refractivity contribution in [1.29, 1.82) is 0 Å². The molecule has 4 heteroatoms. The molecule has 2 rings (SSSR count). The first kappa shape index (κ1) is 11.6. The standard InChI is InChI=1S/C13H13F2NO/c1-9(7-11-3-2-6-17-11)16-13-5-4-10(14)8-12(13)15/h2-6,8-9,16H,7H2,1H3. The Kier molecular flexibility index (Phi) is 3.42. The van der Waals surface area contributed by atoms with Crippen molar-refractivity contribution in [3.63, 3.8) is 0 Å². The van der Waals surface area contributed by atoms with E-state index in [9.17, 15) is 8.78 Å². The zero-order valence-corrected chi connectivity index (χ0v) is 9.41. The van der Waals surface area contributed by atoms with Gasteiger partial charge in [-0.2, -0.15) is 0 Å². The monoisotopic (exact) mass is 237 g/mol. The van der Waals surface area contributed by atoms with Crippen molar-refractivity contribution in [3.05, 3.63) is 54.0 Å². The molecule has 17 heavy (non-hydrogen) atoms. The Morgan fingerprint density at radius 1 is 1.29 bits per heavy atom. The summed E-state index contributed by atoms with van der Waals surface area (Å²) in [5.41, 5.74) is 0.297. The van der Waals surface area contributed by atoms with Crippen molar-refractivity contribution in [3.8, 4) is 0 Å². The molecule has 0 aliphatic rings. The summed E-state index contributed by atoms with van der Waals surface area (Å²) in [6, 6.07) is 7.15. The molecule has 0 fully saturated rings. The molecule has 0 amide bonds. The van der Waals surface area contributed by atoms with Crippen molar-refractivity contribution >= 4 is 5.69 Å². The van der Waals surface area contributed by atoms with Gasteiger partial charge in [0, 0.05) is 18.5 Å². The third-order valence-corrected chi connectivity index (χ3v) is 2.42. The molecule has 0 bridgehead atoms. The van der Waals surface area contributed by atoms with E-state index < -0.39 is 11.6 Å². The molecular weight excluding hydrogens is 224 g/mol. The normalized spacial score (nSPS) is 12.4. The first-order valence-electron chi connectivity index (χ1n) is 5.39. The Balaban J connectivity index is 2.00. The average Bonchev–Trinajstić information content (AvgIpc) is 2.75. The number of hydrogen-bond acceptors (Lipinski definition) is 2. The van der Waals surface area contributed by atoms with Crippen LogP contribution in [0.5, 0.6) is 0 Å². The van der Waals surface area contributed by atoms with E-state index in [-0.39, 0.29) is 6.04 Å². The highest BCUT2D eigenvalue weighted by Gasteiger charge is 2.09. The summed E-state index contributed by atoms with van der Waals surface area (Å²) in [5, 5.41) is 2.97. The molecular formula is C13H13F2NO. The van der Waals surface area contributed by atoms with Crippen LogP contribution in [-0.2, 0) is 6.42 Å². The van der Waals surface area contributed by atoms with Crippen LogP contribution < -0.4 is 5.32 Å². The number of halogens is 2. The van der Waals surface area contributed by atoms with Crippen LogP contribution in [0.1, 0.15) is 12.7 Å². The van der Waals surface area contributed by atoms with Gasteiger partial charge in [-0.3, -0.25) is 0 Å². The summed E-state index contributed by atoms with van der Waals surface area (Å²) < 4.78 is 31.3. The fraction of sp³-hybridized carbons (Fsp3) is 0.231. The lowest BCUT2D eigenvalue weighted by atomic mass is 10.2. The summed E-state index contributed by atoms with van der Waals surface area (Å²) in [6.07, 6.45) is 2.24. The molecule has 1 unspecified atom stereocenters. The summed E-state index contributed by atoms with van der Waals surface area (Å²) in [7, 11) is 0. The van der Waals surface area contributed by atoms with E-state index in [4.69, 9.17) is 4.42 Å². The highest BCUT2D eigenvalue weighted by atomic mass is 19.1. The number of rotatable bonds is 4. The van der Waals surface area contributed by atoms with Gasteiger partial charge in [0.1, 0.15) is 17.4 Å². The van der Waals surface area contributed by atoms with Crippen LogP contribution in [0.3, 0.4) is 0 Å². The van der Waals surface area contributed by atoms with Crippen molar-refractivity contribution < 1.29 is 13.2 Å². The topological polar surface area (TPSA) is 25.2 Å². The molecule has 0 saturated heterocycles. The van der Waals surface area contributed by atoms with E-state index in [2.05, 4.69) is 5.32 Å². The van der Waals surface area contributed by atoms with E-state index in [1.165, 1.54) is 12.1 Å². The third kappa shape index (κ3) is 3.06. The van der Waals surface area contributed by atoms with Crippen molar-refractivity contribution in [2.24, 2.45) is 0 Å². The molecule has 90 valence electrons. The Hall–Kier alpha value is -1.84. The maximum absolute atomic E-state index is 13.4. The van der Waals surface area contributed by atoms with E-state index in [1.807, 2.05) is 13.0 Å². The van der Waals surface area contributed by atoms with Gasteiger partial charge in [-0.1, -0.05) is 0 Å².